The fourth-order valence-corrected chi connectivity index (χ4v) is 4.24. The minimum Gasteiger partial charge on any atom is -0.354 e. The molecule has 0 aliphatic heterocycles. The average molecular weight is 505 g/mol. The number of aryl methyl sites for hydroxylation is 1. The zero-order valence-corrected chi connectivity index (χ0v) is 20.0. The first-order chi connectivity index (χ1) is 12.0. The van der Waals surface area contributed by atoms with Gasteiger partial charge in [-0.25, -0.2) is 0 Å². The van der Waals surface area contributed by atoms with Gasteiger partial charge in [0.25, 0.3) is 0 Å². The molecule has 1 unspecified atom stereocenters. The van der Waals surface area contributed by atoms with Crippen LogP contribution in [0.2, 0.25) is 0 Å². The third-order valence-corrected chi connectivity index (χ3v) is 5.86. The van der Waals surface area contributed by atoms with Crippen LogP contribution < -0.4 is 10.6 Å². The third-order valence-electron chi connectivity index (χ3n) is 4.07. The van der Waals surface area contributed by atoms with Gasteiger partial charge in [0.1, 0.15) is 0 Å². The summed E-state index contributed by atoms with van der Waals surface area (Å²) in [5, 5.41) is 9.01. The SMILES string of the molecule is CN=C(NCc1ccc(C)cc1SC)NCC(c1cccs1)N(C)C.I. The topological polar surface area (TPSA) is 39.7 Å². The highest BCUT2D eigenvalue weighted by atomic mass is 127. The highest BCUT2D eigenvalue weighted by Crippen LogP contribution is 2.23. The van der Waals surface area contributed by atoms with Crippen molar-refractivity contribution in [2.75, 3.05) is 33.9 Å². The smallest absolute Gasteiger partial charge is 0.191 e. The summed E-state index contributed by atoms with van der Waals surface area (Å²) in [6, 6.07) is 11.2. The second-order valence-corrected chi connectivity index (χ2v) is 7.94. The zero-order chi connectivity index (χ0) is 18.2. The lowest BCUT2D eigenvalue weighted by molar-refractivity contribution is 0.302. The van der Waals surface area contributed by atoms with E-state index in [4.69, 9.17) is 0 Å². The number of thiophene rings is 1. The van der Waals surface area contributed by atoms with Crippen LogP contribution in [-0.2, 0) is 6.54 Å². The second-order valence-electron chi connectivity index (χ2n) is 6.12. The number of benzene rings is 1. The summed E-state index contributed by atoms with van der Waals surface area (Å²) in [4.78, 5) is 9.27. The number of rotatable bonds is 7. The molecule has 2 aromatic rings. The lowest BCUT2D eigenvalue weighted by Crippen LogP contribution is -2.41. The van der Waals surface area contributed by atoms with Crippen molar-refractivity contribution in [3.05, 3.63) is 51.7 Å². The Morgan fingerprint density at radius 1 is 1.27 bits per heavy atom. The van der Waals surface area contributed by atoms with Gasteiger partial charge in [-0.2, -0.15) is 0 Å². The first kappa shape index (κ1) is 23.3. The molecule has 144 valence electrons. The van der Waals surface area contributed by atoms with Crippen LogP contribution in [0.4, 0.5) is 0 Å². The molecule has 1 atom stereocenters. The minimum atomic E-state index is 0. The molecular weight excluding hydrogens is 475 g/mol. The molecule has 1 aromatic heterocycles. The standard InChI is InChI=1S/C19H28N4S2.HI/c1-14-8-9-15(18(11-14)24-5)12-21-19(20-2)22-13-16(23(3)4)17-7-6-10-25-17;/h6-11,16H,12-13H2,1-5H3,(H2,20,21,22);1H. The number of nitrogens with one attached hydrogen (secondary N) is 2. The van der Waals surface area contributed by atoms with Crippen molar-refractivity contribution < 1.29 is 0 Å². The van der Waals surface area contributed by atoms with E-state index in [9.17, 15) is 0 Å². The summed E-state index contributed by atoms with van der Waals surface area (Å²) >= 11 is 3.57. The van der Waals surface area contributed by atoms with Gasteiger partial charge in [0, 0.05) is 29.9 Å². The van der Waals surface area contributed by atoms with Crippen LogP contribution in [0.3, 0.4) is 0 Å². The van der Waals surface area contributed by atoms with Crippen molar-refractivity contribution in [3.63, 3.8) is 0 Å². The molecule has 0 aliphatic carbocycles. The van der Waals surface area contributed by atoms with Crippen LogP contribution in [0.5, 0.6) is 0 Å². The highest BCUT2D eigenvalue weighted by molar-refractivity contribution is 14.0. The molecule has 0 bridgehead atoms. The van der Waals surface area contributed by atoms with Gasteiger partial charge in [0.2, 0.25) is 0 Å². The number of hydrogen-bond acceptors (Lipinski definition) is 4. The van der Waals surface area contributed by atoms with Gasteiger partial charge in [-0.1, -0.05) is 18.2 Å². The molecule has 26 heavy (non-hydrogen) atoms. The van der Waals surface area contributed by atoms with Crippen LogP contribution >= 0.6 is 47.1 Å². The van der Waals surface area contributed by atoms with Gasteiger partial charge in [-0.05, 0) is 55.9 Å². The molecule has 1 aromatic carbocycles. The van der Waals surface area contributed by atoms with Crippen molar-refractivity contribution in [1.82, 2.24) is 15.5 Å². The van der Waals surface area contributed by atoms with Gasteiger partial charge in [-0.15, -0.1) is 47.1 Å². The monoisotopic (exact) mass is 504 g/mol. The normalized spacial score (nSPS) is 12.6. The number of thioether (sulfide) groups is 1. The maximum absolute atomic E-state index is 4.36. The van der Waals surface area contributed by atoms with Crippen LogP contribution in [0, 0.1) is 6.92 Å². The van der Waals surface area contributed by atoms with Crippen LogP contribution in [0.1, 0.15) is 22.0 Å². The molecule has 0 fully saturated rings. The Bertz CT molecular complexity index is 687. The number of likely N-dealkylation sites (N-methyl/N-ethyl adjacent to an activating group) is 1. The van der Waals surface area contributed by atoms with E-state index in [0.29, 0.717) is 6.04 Å². The lowest BCUT2D eigenvalue weighted by Gasteiger charge is -2.24. The Labute approximate surface area is 182 Å². The summed E-state index contributed by atoms with van der Waals surface area (Å²) in [7, 11) is 6.04. The third kappa shape index (κ3) is 6.75. The fraction of sp³-hybridized carbons (Fsp3) is 0.421. The molecular formula is C19H29IN4S2. The molecule has 0 radical (unpaired) electrons. The fourth-order valence-electron chi connectivity index (χ4n) is 2.61. The molecule has 2 N–H and O–H groups in total. The molecule has 0 saturated heterocycles. The van der Waals surface area contributed by atoms with Crippen LogP contribution in [-0.4, -0.2) is 44.8 Å². The van der Waals surface area contributed by atoms with Gasteiger partial charge in [0.05, 0.1) is 6.04 Å². The number of halogens is 1. The number of nitrogens with zero attached hydrogens (tertiary/aromatic N) is 2. The number of hydrogen-bond donors (Lipinski definition) is 2. The van der Waals surface area contributed by atoms with Gasteiger partial charge < -0.3 is 15.5 Å². The Kier molecular flexibility index (Phi) is 10.6. The maximum atomic E-state index is 4.36. The van der Waals surface area contributed by atoms with E-state index in [2.05, 4.69) is 83.5 Å². The van der Waals surface area contributed by atoms with E-state index in [-0.39, 0.29) is 24.0 Å². The van der Waals surface area contributed by atoms with Crippen LogP contribution in [0.15, 0.2) is 45.6 Å². The van der Waals surface area contributed by atoms with E-state index in [1.807, 2.05) is 7.05 Å². The van der Waals surface area contributed by atoms with Crippen molar-refractivity contribution in [2.45, 2.75) is 24.4 Å². The molecule has 0 spiro atoms. The lowest BCUT2D eigenvalue weighted by atomic mass is 10.1. The van der Waals surface area contributed by atoms with E-state index in [1.165, 1.54) is 20.9 Å². The van der Waals surface area contributed by atoms with Gasteiger partial charge in [-0.3, -0.25) is 4.99 Å². The van der Waals surface area contributed by atoms with E-state index in [0.717, 1.165) is 19.0 Å². The average Bonchev–Trinajstić information content (AvgIpc) is 3.12. The van der Waals surface area contributed by atoms with Crippen molar-refractivity contribution in [3.8, 4) is 0 Å². The maximum Gasteiger partial charge on any atom is 0.191 e. The van der Waals surface area contributed by atoms with Crippen molar-refractivity contribution in [2.24, 2.45) is 4.99 Å². The molecule has 7 heteroatoms. The quantitative estimate of drug-likeness (QED) is 0.254. The molecule has 0 aliphatic rings. The zero-order valence-electron chi connectivity index (χ0n) is 16.1. The molecule has 4 nitrogen and oxygen atoms in total. The Morgan fingerprint density at radius 2 is 2.04 bits per heavy atom. The predicted molar refractivity (Wildman–Crippen MR) is 127 cm³/mol. The Balaban J connectivity index is 0.00000338. The van der Waals surface area contributed by atoms with E-state index in [1.54, 1.807) is 23.1 Å². The summed E-state index contributed by atoms with van der Waals surface area (Å²) < 4.78 is 0. The largest absolute Gasteiger partial charge is 0.354 e. The summed E-state index contributed by atoms with van der Waals surface area (Å²) in [6.07, 6.45) is 2.12. The summed E-state index contributed by atoms with van der Waals surface area (Å²) in [5.41, 5.74) is 2.59. The second kappa shape index (κ2) is 11.8. The highest BCUT2D eigenvalue weighted by Gasteiger charge is 2.15. The van der Waals surface area contributed by atoms with E-state index < -0.39 is 0 Å². The molecule has 0 amide bonds. The van der Waals surface area contributed by atoms with Crippen molar-refractivity contribution >= 4 is 53.0 Å². The molecule has 0 saturated carbocycles. The number of aliphatic imine (C=N–C) groups is 1. The predicted octanol–water partition coefficient (Wildman–Crippen LogP) is 4.36. The van der Waals surface area contributed by atoms with Crippen molar-refractivity contribution in [1.29, 1.82) is 0 Å². The van der Waals surface area contributed by atoms with Gasteiger partial charge >= 0.3 is 0 Å². The summed E-state index contributed by atoms with van der Waals surface area (Å²) in [6.45, 7) is 3.71. The van der Waals surface area contributed by atoms with E-state index >= 15 is 0 Å². The number of guanidine groups is 1. The van der Waals surface area contributed by atoms with Gasteiger partial charge in [0.15, 0.2) is 5.96 Å². The minimum absolute atomic E-state index is 0. The first-order valence-electron chi connectivity index (χ1n) is 8.33. The van der Waals surface area contributed by atoms with Crippen LogP contribution in [0.25, 0.3) is 0 Å². The Hall–Kier alpha value is -0.770. The first-order valence-corrected chi connectivity index (χ1v) is 10.4. The molecule has 2 rings (SSSR count). The molecule has 1 heterocycles. The Morgan fingerprint density at radius 3 is 2.62 bits per heavy atom. The summed E-state index contributed by atoms with van der Waals surface area (Å²) in [5.74, 6) is 0.830.